The Balaban J connectivity index is 1.40. The summed E-state index contributed by atoms with van der Waals surface area (Å²) < 4.78 is 5.35. The number of nitrogens with one attached hydrogen (secondary N) is 2. The number of hydrogen-bond donors (Lipinski definition) is 2. The van der Waals surface area contributed by atoms with Crippen LogP contribution < -0.4 is 5.32 Å². The van der Waals surface area contributed by atoms with E-state index in [2.05, 4.69) is 20.2 Å². The third-order valence-electron chi connectivity index (χ3n) is 4.70. The average molecular weight is 370 g/mol. The summed E-state index contributed by atoms with van der Waals surface area (Å²) >= 11 is 1.50. The van der Waals surface area contributed by atoms with Crippen molar-refractivity contribution < 1.29 is 9.53 Å². The highest BCUT2D eigenvalue weighted by Crippen LogP contribution is 2.24. The smallest absolute Gasteiger partial charge is 0.261 e. The molecule has 1 aliphatic heterocycles. The highest BCUT2D eigenvalue weighted by Gasteiger charge is 2.16. The normalized spacial score (nSPS) is 15.4. The molecule has 0 aliphatic carbocycles. The van der Waals surface area contributed by atoms with Gasteiger partial charge in [0.1, 0.15) is 5.65 Å². The number of aromatic nitrogens is 2. The molecule has 136 valence electrons. The first-order valence-electron chi connectivity index (χ1n) is 8.87. The molecule has 1 fully saturated rings. The molecule has 0 aromatic carbocycles. The van der Waals surface area contributed by atoms with Crippen molar-refractivity contribution in [1.82, 2.24) is 20.2 Å². The van der Waals surface area contributed by atoms with E-state index >= 15 is 0 Å². The zero-order valence-electron chi connectivity index (χ0n) is 14.5. The summed E-state index contributed by atoms with van der Waals surface area (Å²) in [6.45, 7) is 4.96. The van der Waals surface area contributed by atoms with Crippen molar-refractivity contribution in [3.8, 4) is 0 Å². The average Bonchev–Trinajstić information content (AvgIpc) is 3.32. The number of morpholine rings is 1. The second kappa shape index (κ2) is 7.99. The largest absolute Gasteiger partial charge is 0.379 e. The van der Waals surface area contributed by atoms with Gasteiger partial charge >= 0.3 is 0 Å². The number of hydrogen-bond acceptors (Lipinski definition) is 5. The first kappa shape index (κ1) is 17.2. The number of carbonyl (C=O) groups is 1. The first-order valence-corrected chi connectivity index (χ1v) is 9.75. The van der Waals surface area contributed by atoms with Crippen LogP contribution in [0.2, 0.25) is 0 Å². The number of amides is 1. The van der Waals surface area contributed by atoms with Crippen molar-refractivity contribution in [2.24, 2.45) is 0 Å². The van der Waals surface area contributed by atoms with Gasteiger partial charge in [0, 0.05) is 44.0 Å². The van der Waals surface area contributed by atoms with Crippen molar-refractivity contribution >= 4 is 28.3 Å². The minimum Gasteiger partial charge on any atom is -0.379 e. The Morgan fingerprint density at radius 1 is 1.27 bits per heavy atom. The number of fused-ring (bicyclic) bond motifs is 1. The summed E-state index contributed by atoms with van der Waals surface area (Å²) in [5, 5.41) is 6.16. The molecule has 6 nitrogen and oxygen atoms in total. The number of pyridine rings is 1. The zero-order chi connectivity index (χ0) is 17.8. The van der Waals surface area contributed by atoms with E-state index in [1.54, 1.807) is 0 Å². The molecule has 0 spiro atoms. The number of carbonyl (C=O) groups excluding carboxylic acids is 1. The van der Waals surface area contributed by atoms with Crippen LogP contribution in [0.4, 0.5) is 0 Å². The first-order chi connectivity index (χ1) is 12.8. The second-order valence-electron chi connectivity index (χ2n) is 6.37. The zero-order valence-corrected chi connectivity index (χ0v) is 15.3. The van der Waals surface area contributed by atoms with Crippen LogP contribution in [0.15, 0.2) is 36.0 Å². The quantitative estimate of drug-likeness (QED) is 0.698. The van der Waals surface area contributed by atoms with Gasteiger partial charge < -0.3 is 15.0 Å². The molecular formula is C19H22N4O2S. The number of H-pyrrole nitrogens is 1. The molecule has 1 aliphatic rings. The second-order valence-corrected chi connectivity index (χ2v) is 7.29. The van der Waals surface area contributed by atoms with Crippen LogP contribution in [-0.4, -0.2) is 60.2 Å². The molecule has 4 rings (SSSR count). The fraction of sp³-hybridized carbons (Fsp3) is 0.368. The number of aromatic amines is 1. The molecule has 3 aromatic rings. The monoisotopic (exact) mass is 370 g/mol. The van der Waals surface area contributed by atoms with Crippen LogP contribution >= 0.6 is 11.3 Å². The molecule has 26 heavy (non-hydrogen) atoms. The van der Waals surface area contributed by atoms with Gasteiger partial charge in [-0.1, -0.05) is 0 Å². The minimum absolute atomic E-state index is 0.0163. The van der Waals surface area contributed by atoms with Gasteiger partial charge in [0.2, 0.25) is 0 Å². The number of ether oxygens (including phenoxy) is 1. The molecule has 0 saturated carbocycles. The van der Waals surface area contributed by atoms with E-state index in [-0.39, 0.29) is 5.91 Å². The van der Waals surface area contributed by atoms with Crippen molar-refractivity contribution in [2.45, 2.75) is 6.42 Å². The predicted molar refractivity (Wildman–Crippen MR) is 103 cm³/mol. The fourth-order valence-corrected chi connectivity index (χ4v) is 4.12. The lowest BCUT2D eigenvalue weighted by Gasteiger charge is -2.26. The molecule has 1 amide bonds. The topological polar surface area (TPSA) is 70.2 Å². The number of nitrogens with zero attached hydrogens (tertiary/aromatic N) is 2. The lowest BCUT2D eigenvalue weighted by Crippen LogP contribution is -2.41. The maximum absolute atomic E-state index is 12.6. The van der Waals surface area contributed by atoms with Gasteiger partial charge in [0.15, 0.2) is 0 Å². The Morgan fingerprint density at radius 2 is 2.15 bits per heavy atom. The fourth-order valence-electron chi connectivity index (χ4n) is 3.28. The SMILES string of the molecule is O=C(NCCN1CCOCC1)c1sccc1Cc1ccnc2[nH]ccc12. The Kier molecular flexibility index (Phi) is 5.29. The van der Waals surface area contributed by atoms with Gasteiger partial charge in [-0.2, -0.15) is 0 Å². The van der Waals surface area contributed by atoms with E-state index in [0.717, 1.165) is 60.7 Å². The van der Waals surface area contributed by atoms with Gasteiger partial charge in [-0.05, 0) is 41.1 Å². The molecule has 0 bridgehead atoms. The van der Waals surface area contributed by atoms with Gasteiger partial charge in [-0.25, -0.2) is 4.98 Å². The number of thiophene rings is 1. The van der Waals surface area contributed by atoms with Gasteiger partial charge in [0.05, 0.1) is 18.1 Å². The molecule has 2 N–H and O–H groups in total. The summed E-state index contributed by atoms with van der Waals surface area (Å²) in [4.78, 5) is 23.2. The van der Waals surface area contributed by atoms with Crippen LogP contribution in [0.25, 0.3) is 11.0 Å². The van der Waals surface area contributed by atoms with Crippen LogP contribution in [0.5, 0.6) is 0 Å². The van der Waals surface area contributed by atoms with Crippen molar-refractivity contribution in [2.75, 3.05) is 39.4 Å². The summed E-state index contributed by atoms with van der Waals surface area (Å²) in [6, 6.07) is 6.10. The lowest BCUT2D eigenvalue weighted by molar-refractivity contribution is 0.0383. The van der Waals surface area contributed by atoms with Gasteiger partial charge in [-0.3, -0.25) is 9.69 Å². The maximum atomic E-state index is 12.6. The molecule has 0 unspecified atom stereocenters. The van der Waals surface area contributed by atoms with E-state index in [4.69, 9.17) is 4.74 Å². The highest BCUT2D eigenvalue weighted by atomic mass is 32.1. The molecular weight excluding hydrogens is 348 g/mol. The van der Waals surface area contributed by atoms with E-state index in [1.165, 1.54) is 16.9 Å². The molecule has 0 atom stereocenters. The van der Waals surface area contributed by atoms with Gasteiger partial charge in [0.25, 0.3) is 5.91 Å². The van der Waals surface area contributed by atoms with Crippen LogP contribution in [0, 0.1) is 0 Å². The van der Waals surface area contributed by atoms with Crippen LogP contribution in [0.3, 0.4) is 0 Å². The third-order valence-corrected chi connectivity index (χ3v) is 5.66. The van der Waals surface area contributed by atoms with E-state index in [0.29, 0.717) is 6.54 Å². The Hall–Kier alpha value is -2.22. The summed E-state index contributed by atoms with van der Waals surface area (Å²) in [7, 11) is 0. The Labute approximate surface area is 156 Å². The van der Waals surface area contributed by atoms with Gasteiger partial charge in [-0.15, -0.1) is 11.3 Å². The van der Waals surface area contributed by atoms with E-state index < -0.39 is 0 Å². The molecule has 3 aromatic heterocycles. The minimum atomic E-state index is 0.0163. The highest BCUT2D eigenvalue weighted by molar-refractivity contribution is 7.12. The summed E-state index contributed by atoms with van der Waals surface area (Å²) in [5.41, 5.74) is 3.12. The Morgan fingerprint density at radius 3 is 3.04 bits per heavy atom. The predicted octanol–water partition coefficient (Wildman–Crippen LogP) is 2.28. The lowest BCUT2D eigenvalue weighted by atomic mass is 10.0. The van der Waals surface area contributed by atoms with Crippen LogP contribution in [-0.2, 0) is 11.2 Å². The summed E-state index contributed by atoms with van der Waals surface area (Å²) in [6.07, 6.45) is 4.43. The summed E-state index contributed by atoms with van der Waals surface area (Å²) in [5.74, 6) is 0.0163. The third kappa shape index (κ3) is 3.80. The molecule has 0 radical (unpaired) electrons. The Bertz CT molecular complexity index is 882. The van der Waals surface area contributed by atoms with Crippen molar-refractivity contribution in [1.29, 1.82) is 0 Å². The van der Waals surface area contributed by atoms with E-state index in [1.807, 2.05) is 36.0 Å². The van der Waals surface area contributed by atoms with Crippen molar-refractivity contribution in [3.63, 3.8) is 0 Å². The standard InChI is InChI=1S/C19H22N4O2S/c24-19(22-6-7-23-8-10-25-11-9-23)17-15(3-12-26-17)13-14-1-4-20-18-16(14)2-5-21-18/h1-5,12H,6-11,13H2,(H,20,21)(H,22,24). The molecule has 7 heteroatoms. The maximum Gasteiger partial charge on any atom is 0.261 e. The van der Waals surface area contributed by atoms with E-state index in [9.17, 15) is 4.79 Å². The van der Waals surface area contributed by atoms with Crippen molar-refractivity contribution in [3.05, 3.63) is 52.0 Å². The molecule has 4 heterocycles. The number of rotatable bonds is 6. The molecule has 1 saturated heterocycles. The van der Waals surface area contributed by atoms with Crippen LogP contribution in [0.1, 0.15) is 20.8 Å².